The average molecular weight is 239 g/mol. The summed E-state index contributed by atoms with van der Waals surface area (Å²) in [5.41, 5.74) is -1.03. The van der Waals surface area contributed by atoms with Crippen LogP contribution in [0.3, 0.4) is 0 Å². The second-order valence-electron chi connectivity index (χ2n) is 4.15. The van der Waals surface area contributed by atoms with Gasteiger partial charge in [-0.1, -0.05) is 12.1 Å². The Labute approximate surface area is 98.4 Å². The number of aliphatic carboxylic acids is 1. The van der Waals surface area contributed by atoms with Crippen LogP contribution >= 0.6 is 0 Å². The van der Waals surface area contributed by atoms with Gasteiger partial charge in [0.25, 0.3) is 0 Å². The zero-order valence-electron chi connectivity index (χ0n) is 9.28. The van der Waals surface area contributed by atoms with Gasteiger partial charge in [-0.05, 0) is 25.0 Å². The lowest BCUT2D eigenvalue weighted by atomic mass is 9.92. The van der Waals surface area contributed by atoms with Crippen molar-refractivity contribution in [3.8, 4) is 0 Å². The Balaban J connectivity index is 2.24. The average Bonchev–Trinajstić information content (AvgIpc) is 2.33. The molecule has 1 fully saturated rings. The summed E-state index contributed by atoms with van der Waals surface area (Å²) < 4.78 is 18.7. The van der Waals surface area contributed by atoms with Crippen molar-refractivity contribution in [2.45, 2.75) is 18.4 Å². The number of halogens is 1. The summed E-state index contributed by atoms with van der Waals surface area (Å²) in [5.74, 6) is -1.47. The Morgan fingerprint density at radius 3 is 2.82 bits per heavy atom. The van der Waals surface area contributed by atoms with E-state index in [4.69, 9.17) is 4.74 Å². The normalized spacial score (nSPS) is 24.3. The maximum absolute atomic E-state index is 13.5. The lowest BCUT2D eigenvalue weighted by Gasteiger charge is -2.34. The first kappa shape index (κ1) is 11.9. The lowest BCUT2D eigenvalue weighted by molar-refractivity contribution is -0.146. The summed E-state index contributed by atoms with van der Waals surface area (Å²) >= 11 is 0. The molecule has 2 N–H and O–H groups in total. The molecule has 4 nitrogen and oxygen atoms in total. The summed E-state index contributed by atoms with van der Waals surface area (Å²) in [6, 6.07) is 6.03. The van der Waals surface area contributed by atoms with Crippen molar-refractivity contribution >= 4 is 11.7 Å². The highest BCUT2D eigenvalue weighted by Crippen LogP contribution is 2.26. The van der Waals surface area contributed by atoms with Crippen LogP contribution in [0, 0.1) is 5.82 Å². The van der Waals surface area contributed by atoms with Crippen molar-refractivity contribution < 1.29 is 19.0 Å². The number of anilines is 1. The minimum absolute atomic E-state index is 0.0522. The van der Waals surface area contributed by atoms with Crippen LogP contribution in [0.5, 0.6) is 0 Å². The highest BCUT2D eigenvalue weighted by Gasteiger charge is 2.41. The Hall–Kier alpha value is -1.62. The first-order chi connectivity index (χ1) is 8.14. The van der Waals surface area contributed by atoms with E-state index >= 15 is 0 Å². The van der Waals surface area contributed by atoms with Crippen LogP contribution in [-0.4, -0.2) is 29.8 Å². The Morgan fingerprint density at radius 1 is 1.47 bits per heavy atom. The van der Waals surface area contributed by atoms with E-state index < -0.39 is 17.3 Å². The molecule has 0 saturated carbocycles. The summed E-state index contributed by atoms with van der Waals surface area (Å²) in [7, 11) is 0. The molecule has 2 rings (SSSR count). The quantitative estimate of drug-likeness (QED) is 0.845. The van der Waals surface area contributed by atoms with Gasteiger partial charge in [-0.2, -0.15) is 0 Å². The molecule has 1 aliphatic rings. The van der Waals surface area contributed by atoms with Gasteiger partial charge < -0.3 is 15.2 Å². The van der Waals surface area contributed by atoms with Crippen LogP contribution in [-0.2, 0) is 9.53 Å². The molecule has 1 aliphatic heterocycles. The molecule has 0 aliphatic carbocycles. The third-order valence-electron chi connectivity index (χ3n) is 2.90. The monoisotopic (exact) mass is 239 g/mol. The number of nitrogens with one attached hydrogen (secondary N) is 1. The molecule has 0 amide bonds. The molecule has 1 saturated heterocycles. The van der Waals surface area contributed by atoms with Gasteiger partial charge in [-0.3, -0.25) is 0 Å². The minimum Gasteiger partial charge on any atom is -0.479 e. The molecule has 92 valence electrons. The van der Waals surface area contributed by atoms with Crippen molar-refractivity contribution in [1.82, 2.24) is 0 Å². The summed E-state index contributed by atoms with van der Waals surface area (Å²) in [5, 5.41) is 12.0. The predicted octanol–water partition coefficient (Wildman–Crippen LogP) is 1.87. The Morgan fingerprint density at radius 2 is 2.24 bits per heavy atom. The fraction of sp³-hybridized carbons (Fsp3) is 0.417. The number of carboxylic acid groups (broad SMARTS) is 1. The number of hydrogen-bond acceptors (Lipinski definition) is 3. The van der Waals surface area contributed by atoms with Crippen LogP contribution < -0.4 is 5.32 Å². The number of hydrogen-bond donors (Lipinski definition) is 2. The summed E-state index contributed by atoms with van der Waals surface area (Å²) in [6.07, 6.45) is 1.07. The van der Waals surface area contributed by atoms with E-state index in [0.29, 0.717) is 19.4 Å². The van der Waals surface area contributed by atoms with Crippen LogP contribution in [0.25, 0.3) is 0 Å². The van der Waals surface area contributed by atoms with Gasteiger partial charge in [-0.15, -0.1) is 0 Å². The highest BCUT2D eigenvalue weighted by atomic mass is 19.1. The molecule has 0 radical (unpaired) electrons. The van der Waals surface area contributed by atoms with E-state index in [0.717, 1.165) is 0 Å². The van der Waals surface area contributed by atoms with Crippen molar-refractivity contribution in [3.63, 3.8) is 0 Å². The van der Waals surface area contributed by atoms with E-state index in [1.165, 1.54) is 12.1 Å². The van der Waals surface area contributed by atoms with Crippen LogP contribution in [0.2, 0.25) is 0 Å². The zero-order chi connectivity index (χ0) is 12.3. The first-order valence-electron chi connectivity index (χ1n) is 5.48. The molecule has 1 aromatic carbocycles. The first-order valence-corrected chi connectivity index (χ1v) is 5.48. The number of carboxylic acids is 1. The molecule has 1 aromatic rings. The van der Waals surface area contributed by atoms with E-state index in [2.05, 4.69) is 5.32 Å². The molecule has 5 heteroatoms. The van der Waals surface area contributed by atoms with E-state index in [1.54, 1.807) is 12.1 Å². The maximum Gasteiger partial charge on any atom is 0.331 e. The second-order valence-corrected chi connectivity index (χ2v) is 4.15. The molecular formula is C12H14FNO3. The van der Waals surface area contributed by atoms with Gasteiger partial charge in [0.15, 0.2) is 5.54 Å². The third-order valence-corrected chi connectivity index (χ3v) is 2.90. The molecule has 1 heterocycles. The standard InChI is InChI=1S/C12H14FNO3/c13-9-4-1-2-5-10(9)14-12(11(15)16)6-3-7-17-8-12/h1-2,4-5,14H,3,6-8H2,(H,15,16). The van der Waals surface area contributed by atoms with Crippen LogP contribution in [0.15, 0.2) is 24.3 Å². The number of carbonyl (C=O) groups is 1. The SMILES string of the molecule is O=C(O)C1(Nc2ccccc2F)CCCOC1. The predicted molar refractivity (Wildman–Crippen MR) is 60.4 cm³/mol. The van der Waals surface area contributed by atoms with E-state index in [9.17, 15) is 14.3 Å². The van der Waals surface area contributed by atoms with Crippen LogP contribution in [0.4, 0.5) is 10.1 Å². The van der Waals surface area contributed by atoms with Gasteiger partial charge in [0.05, 0.1) is 12.3 Å². The molecule has 0 aromatic heterocycles. The van der Waals surface area contributed by atoms with Gasteiger partial charge in [0, 0.05) is 6.61 Å². The smallest absolute Gasteiger partial charge is 0.331 e. The van der Waals surface area contributed by atoms with Crippen LogP contribution in [0.1, 0.15) is 12.8 Å². The molecule has 0 spiro atoms. The van der Waals surface area contributed by atoms with Gasteiger partial charge in [0.1, 0.15) is 5.82 Å². The number of para-hydroxylation sites is 1. The molecular weight excluding hydrogens is 225 g/mol. The number of rotatable bonds is 3. The fourth-order valence-corrected chi connectivity index (χ4v) is 1.94. The minimum atomic E-state index is -1.22. The lowest BCUT2D eigenvalue weighted by Crippen LogP contribution is -2.52. The summed E-state index contributed by atoms with van der Waals surface area (Å²) in [6.45, 7) is 0.602. The van der Waals surface area contributed by atoms with Gasteiger partial charge in [-0.25, -0.2) is 9.18 Å². The topological polar surface area (TPSA) is 58.6 Å². The third kappa shape index (κ3) is 2.39. The van der Waals surface area contributed by atoms with Crippen molar-refractivity contribution in [3.05, 3.63) is 30.1 Å². The number of ether oxygens (including phenoxy) is 1. The summed E-state index contributed by atoms with van der Waals surface area (Å²) in [4.78, 5) is 11.3. The Bertz CT molecular complexity index is 416. The van der Waals surface area contributed by atoms with Crippen molar-refractivity contribution in [2.24, 2.45) is 0 Å². The van der Waals surface area contributed by atoms with E-state index in [-0.39, 0.29) is 12.3 Å². The Kier molecular flexibility index (Phi) is 3.28. The zero-order valence-corrected chi connectivity index (χ0v) is 9.28. The van der Waals surface area contributed by atoms with E-state index in [1.807, 2.05) is 0 Å². The molecule has 1 atom stereocenters. The molecule has 1 unspecified atom stereocenters. The van der Waals surface area contributed by atoms with Gasteiger partial charge in [0.2, 0.25) is 0 Å². The van der Waals surface area contributed by atoms with Crippen molar-refractivity contribution in [1.29, 1.82) is 0 Å². The molecule has 17 heavy (non-hydrogen) atoms. The maximum atomic E-state index is 13.5. The largest absolute Gasteiger partial charge is 0.479 e. The van der Waals surface area contributed by atoms with Crippen molar-refractivity contribution in [2.75, 3.05) is 18.5 Å². The second kappa shape index (κ2) is 4.71. The van der Waals surface area contributed by atoms with Gasteiger partial charge >= 0.3 is 5.97 Å². The highest BCUT2D eigenvalue weighted by molar-refractivity contribution is 5.83. The fourth-order valence-electron chi connectivity index (χ4n) is 1.94. The molecule has 0 bridgehead atoms. The number of benzene rings is 1.